The van der Waals surface area contributed by atoms with Gasteiger partial charge in [0.2, 0.25) is 0 Å². The minimum absolute atomic E-state index is 0.131. The number of esters is 1. The first-order valence-corrected chi connectivity index (χ1v) is 16.9. The summed E-state index contributed by atoms with van der Waals surface area (Å²) in [6.07, 6.45) is 12.8. The van der Waals surface area contributed by atoms with Crippen LogP contribution < -0.4 is 0 Å². The fourth-order valence-corrected chi connectivity index (χ4v) is 10.5. The summed E-state index contributed by atoms with van der Waals surface area (Å²) in [7, 11) is 0. The number of carbonyl (C=O) groups is 1. The Hall–Kier alpha value is -2.51. The molecule has 0 aliphatic heterocycles. The van der Waals surface area contributed by atoms with Crippen molar-refractivity contribution >= 4 is 17.3 Å². The Morgan fingerprint density at radius 1 is 0.860 bits per heavy atom. The van der Waals surface area contributed by atoms with E-state index >= 15 is 0 Å². The minimum atomic E-state index is -0.718. The maximum absolute atomic E-state index is 13.0. The molecule has 0 saturated heterocycles. The van der Waals surface area contributed by atoms with Crippen molar-refractivity contribution in [3.8, 4) is 0 Å². The van der Waals surface area contributed by atoms with E-state index in [0.717, 1.165) is 85.3 Å². The van der Waals surface area contributed by atoms with Crippen molar-refractivity contribution in [2.75, 3.05) is 0 Å². The zero-order valence-corrected chi connectivity index (χ0v) is 27.1. The average Bonchev–Trinajstić information content (AvgIpc) is 3.32. The molecule has 0 N–H and O–H groups in total. The first-order chi connectivity index (χ1) is 20.2. The molecule has 1 aromatic carbocycles. The summed E-state index contributed by atoms with van der Waals surface area (Å²) in [5.74, 6) is 5.27. The van der Waals surface area contributed by atoms with E-state index in [2.05, 4.69) is 41.5 Å². The standard InChI is InChI=1S/C35H52N2O6/c1-21(2)22(3)7-8-23(4)30-11-12-31-29-10-9-25-19-28(13-15-34(25,5)32(29)14-16-35(30,31)6)43-33(38)24-17-26(36(39)40)20-27(18-24)37(41)42/h17-18,20-23,25,28-32H,7-16,19H2,1-6H3. The van der Waals surface area contributed by atoms with Gasteiger partial charge >= 0.3 is 5.97 Å². The van der Waals surface area contributed by atoms with Gasteiger partial charge in [-0.2, -0.15) is 0 Å². The minimum Gasteiger partial charge on any atom is -0.459 e. The van der Waals surface area contributed by atoms with Crippen molar-refractivity contribution in [2.45, 2.75) is 118 Å². The monoisotopic (exact) mass is 596 g/mol. The lowest BCUT2D eigenvalue weighted by Gasteiger charge is -2.61. The van der Waals surface area contributed by atoms with Crippen molar-refractivity contribution in [2.24, 2.45) is 58.2 Å². The molecule has 5 rings (SSSR count). The van der Waals surface area contributed by atoms with E-state index in [-0.39, 0.29) is 17.1 Å². The predicted octanol–water partition coefficient (Wildman–Crippen LogP) is 9.40. The molecule has 0 spiro atoms. The van der Waals surface area contributed by atoms with Crippen LogP contribution in [-0.2, 0) is 4.74 Å². The lowest BCUT2D eigenvalue weighted by atomic mass is 9.44. The maximum atomic E-state index is 13.0. The molecule has 0 bridgehead atoms. The van der Waals surface area contributed by atoms with E-state index in [1.54, 1.807) is 0 Å². The van der Waals surface area contributed by atoms with Crippen LogP contribution in [0.4, 0.5) is 11.4 Å². The van der Waals surface area contributed by atoms with Crippen molar-refractivity contribution in [3.63, 3.8) is 0 Å². The number of carbonyl (C=O) groups excluding carboxylic acids is 1. The zero-order chi connectivity index (χ0) is 31.3. The van der Waals surface area contributed by atoms with Gasteiger partial charge in [0.15, 0.2) is 0 Å². The van der Waals surface area contributed by atoms with Crippen molar-refractivity contribution in [1.82, 2.24) is 0 Å². The largest absolute Gasteiger partial charge is 0.459 e. The summed E-state index contributed by atoms with van der Waals surface area (Å²) in [5, 5.41) is 22.6. The summed E-state index contributed by atoms with van der Waals surface area (Å²) in [4.78, 5) is 34.2. The van der Waals surface area contributed by atoms with Crippen LogP contribution in [0.5, 0.6) is 0 Å². The highest BCUT2D eigenvalue weighted by atomic mass is 16.6. The van der Waals surface area contributed by atoms with Gasteiger partial charge in [0.25, 0.3) is 11.4 Å². The summed E-state index contributed by atoms with van der Waals surface area (Å²) in [5.41, 5.74) is -0.387. The van der Waals surface area contributed by atoms with E-state index in [0.29, 0.717) is 11.3 Å². The second kappa shape index (κ2) is 12.1. The molecule has 10 unspecified atom stereocenters. The third kappa shape index (κ3) is 5.96. The topological polar surface area (TPSA) is 113 Å². The summed E-state index contributed by atoms with van der Waals surface area (Å²) in [6, 6.07) is 3.03. The molecule has 4 aliphatic rings. The number of hydrogen-bond acceptors (Lipinski definition) is 6. The average molecular weight is 597 g/mol. The highest BCUT2D eigenvalue weighted by Crippen LogP contribution is 2.68. The van der Waals surface area contributed by atoms with Crippen LogP contribution in [0, 0.1) is 78.4 Å². The lowest BCUT2D eigenvalue weighted by molar-refractivity contribution is -0.394. The highest BCUT2D eigenvalue weighted by Gasteiger charge is 2.60. The van der Waals surface area contributed by atoms with Gasteiger partial charge in [-0.15, -0.1) is 0 Å². The number of benzene rings is 1. The van der Waals surface area contributed by atoms with Crippen molar-refractivity contribution in [1.29, 1.82) is 0 Å². The Morgan fingerprint density at radius 3 is 2.12 bits per heavy atom. The fourth-order valence-electron chi connectivity index (χ4n) is 10.5. The number of nitrogens with zero attached hydrogens (tertiary/aromatic N) is 2. The number of nitro groups is 2. The number of rotatable bonds is 9. The van der Waals surface area contributed by atoms with Crippen molar-refractivity contribution < 1.29 is 19.4 Å². The zero-order valence-electron chi connectivity index (χ0n) is 27.1. The molecule has 238 valence electrons. The van der Waals surface area contributed by atoms with Gasteiger partial charge in [0, 0.05) is 12.1 Å². The number of non-ortho nitro benzene ring substituents is 2. The Kier molecular flexibility index (Phi) is 8.99. The molecule has 8 heteroatoms. The molecular formula is C35H52N2O6. The maximum Gasteiger partial charge on any atom is 0.338 e. The van der Waals surface area contributed by atoms with Gasteiger partial charge in [-0.05, 0) is 116 Å². The van der Waals surface area contributed by atoms with Crippen LogP contribution in [0.15, 0.2) is 18.2 Å². The Morgan fingerprint density at radius 2 is 1.49 bits per heavy atom. The quantitative estimate of drug-likeness (QED) is 0.159. The summed E-state index contributed by atoms with van der Waals surface area (Å²) < 4.78 is 5.87. The van der Waals surface area contributed by atoms with Crippen LogP contribution in [0.3, 0.4) is 0 Å². The van der Waals surface area contributed by atoms with Gasteiger partial charge in [0.1, 0.15) is 6.10 Å². The molecular weight excluding hydrogens is 544 g/mol. The molecule has 0 heterocycles. The SMILES string of the molecule is CC(C)C(C)CCC(C)C1CCC2C3CCC4CC(OC(=O)c5cc([N+](=O)[O-])cc([N+](=O)[O-])c5)CCC4(C)C3CCC12C. The molecule has 0 aromatic heterocycles. The van der Waals surface area contributed by atoms with E-state index in [1.807, 2.05) is 0 Å². The molecule has 4 saturated carbocycles. The third-order valence-corrected chi connectivity index (χ3v) is 13.4. The Bertz CT molecular complexity index is 1200. The molecule has 8 nitrogen and oxygen atoms in total. The van der Waals surface area contributed by atoms with Gasteiger partial charge < -0.3 is 4.74 Å². The van der Waals surface area contributed by atoms with Crippen LogP contribution in [-0.4, -0.2) is 21.9 Å². The number of ether oxygens (including phenoxy) is 1. The third-order valence-electron chi connectivity index (χ3n) is 13.4. The Labute approximate surface area is 257 Å². The first kappa shape index (κ1) is 31.9. The van der Waals surface area contributed by atoms with Gasteiger partial charge in [-0.1, -0.05) is 54.4 Å². The van der Waals surface area contributed by atoms with Crippen LogP contribution in [0.2, 0.25) is 0 Å². The lowest BCUT2D eigenvalue weighted by Crippen LogP contribution is -2.54. The van der Waals surface area contributed by atoms with Gasteiger partial charge in [-0.25, -0.2) is 4.79 Å². The smallest absolute Gasteiger partial charge is 0.338 e. The second-order valence-corrected chi connectivity index (χ2v) is 15.7. The van der Waals surface area contributed by atoms with E-state index in [1.165, 1.54) is 44.9 Å². The van der Waals surface area contributed by atoms with Gasteiger partial charge in [-0.3, -0.25) is 20.2 Å². The summed E-state index contributed by atoms with van der Waals surface area (Å²) >= 11 is 0. The molecule has 1 aromatic rings. The fraction of sp³-hybridized carbons (Fsp3) is 0.800. The second-order valence-electron chi connectivity index (χ2n) is 15.7. The number of nitro benzene ring substituents is 2. The number of hydrogen-bond donors (Lipinski definition) is 0. The Balaban J connectivity index is 1.23. The molecule has 0 radical (unpaired) electrons. The molecule has 0 amide bonds. The van der Waals surface area contributed by atoms with Crippen LogP contribution in [0.1, 0.15) is 123 Å². The van der Waals surface area contributed by atoms with Crippen LogP contribution in [0.25, 0.3) is 0 Å². The number of fused-ring (bicyclic) bond motifs is 5. The molecule has 4 fully saturated rings. The van der Waals surface area contributed by atoms with E-state index in [9.17, 15) is 25.0 Å². The highest BCUT2D eigenvalue weighted by molar-refractivity contribution is 5.91. The van der Waals surface area contributed by atoms with Crippen molar-refractivity contribution in [3.05, 3.63) is 44.0 Å². The molecule has 4 aliphatic carbocycles. The first-order valence-electron chi connectivity index (χ1n) is 16.9. The predicted molar refractivity (Wildman–Crippen MR) is 167 cm³/mol. The molecule has 10 atom stereocenters. The van der Waals surface area contributed by atoms with Crippen LogP contribution >= 0.6 is 0 Å². The van der Waals surface area contributed by atoms with E-state index in [4.69, 9.17) is 4.74 Å². The summed E-state index contributed by atoms with van der Waals surface area (Å²) in [6.45, 7) is 14.8. The van der Waals surface area contributed by atoms with Gasteiger partial charge in [0.05, 0.1) is 21.5 Å². The molecule has 43 heavy (non-hydrogen) atoms. The van der Waals surface area contributed by atoms with E-state index < -0.39 is 27.2 Å². The normalized spacial score (nSPS) is 36.6.